The second-order valence-corrected chi connectivity index (χ2v) is 8.63. The van der Waals surface area contributed by atoms with Gasteiger partial charge in [0.2, 0.25) is 5.91 Å². The van der Waals surface area contributed by atoms with E-state index in [0.29, 0.717) is 12.0 Å². The van der Waals surface area contributed by atoms with E-state index in [9.17, 15) is 4.79 Å². The maximum Gasteiger partial charge on any atom is 0.237 e. The average Bonchev–Trinajstić information content (AvgIpc) is 2.97. The van der Waals surface area contributed by atoms with Crippen LogP contribution in [0, 0.1) is 19.3 Å². The molecular formula is C22H35N3O. The number of rotatable bonds is 5. The summed E-state index contributed by atoms with van der Waals surface area (Å²) in [6.07, 6.45) is 4.59. The molecular weight excluding hydrogens is 322 g/mol. The maximum absolute atomic E-state index is 13.0. The highest BCUT2D eigenvalue weighted by atomic mass is 16.2. The summed E-state index contributed by atoms with van der Waals surface area (Å²) in [6, 6.07) is 6.50. The van der Waals surface area contributed by atoms with Gasteiger partial charge < -0.3 is 10.2 Å². The van der Waals surface area contributed by atoms with Crippen molar-refractivity contribution in [2.45, 2.75) is 59.0 Å². The second kappa shape index (κ2) is 8.10. The number of hydrogen-bond acceptors (Lipinski definition) is 3. The van der Waals surface area contributed by atoms with Crippen molar-refractivity contribution in [3.05, 3.63) is 34.9 Å². The number of amides is 1. The predicted molar refractivity (Wildman–Crippen MR) is 107 cm³/mol. The monoisotopic (exact) mass is 357 g/mol. The number of nitrogens with zero attached hydrogens (tertiary/aromatic N) is 2. The standard InChI is InChI=1S/C22H35N3O/c1-5-10-25-16-22(8-11-24(4)12-9-22)14-20(25)21(26)23-15-19-7-6-17(2)18(3)13-19/h6-7,13,20H,5,8-12,14-16H2,1-4H3,(H,23,26)/t20-/m0/s1. The average molecular weight is 358 g/mol. The highest BCUT2D eigenvalue weighted by Crippen LogP contribution is 2.43. The largest absolute Gasteiger partial charge is 0.351 e. The van der Waals surface area contributed by atoms with Crippen LogP contribution in [0.3, 0.4) is 0 Å². The second-order valence-electron chi connectivity index (χ2n) is 8.63. The molecule has 144 valence electrons. The van der Waals surface area contributed by atoms with Gasteiger partial charge in [-0.25, -0.2) is 0 Å². The van der Waals surface area contributed by atoms with E-state index >= 15 is 0 Å². The minimum Gasteiger partial charge on any atom is -0.351 e. The fourth-order valence-corrected chi connectivity index (χ4v) is 4.60. The van der Waals surface area contributed by atoms with Crippen molar-refractivity contribution in [1.82, 2.24) is 15.1 Å². The van der Waals surface area contributed by atoms with Crippen LogP contribution >= 0.6 is 0 Å². The quantitative estimate of drug-likeness (QED) is 0.879. The molecule has 0 unspecified atom stereocenters. The summed E-state index contributed by atoms with van der Waals surface area (Å²) in [5.74, 6) is 0.215. The van der Waals surface area contributed by atoms with Gasteiger partial charge in [0.05, 0.1) is 6.04 Å². The number of nitrogens with one attached hydrogen (secondary N) is 1. The molecule has 2 saturated heterocycles. The summed E-state index contributed by atoms with van der Waals surface area (Å²) < 4.78 is 0. The van der Waals surface area contributed by atoms with E-state index in [-0.39, 0.29) is 11.9 Å². The Labute approximate surface area is 158 Å². The van der Waals surface area contributed by atoms with Gasteiger partial charge in [0, 0.05) is 13.1 Å². The summed E-state index contributed by atoms with van der Waals surface area (Å²) in [5.41, 5.74) is 4.13. The fraction of sp³-hybridized carbons (Fsp3) is 0.682. The van der Waals surface area contributed by atoms with E-state index in [0.717, 1.165) is 39.0 Å². The van der Waals surface area contributed by atoms with Gasteiger partial charge in [-0.2, -0.15) is 0 Å². The van der Waals surface area contributed by atoms with Crippen molar-refractivity contribution in [3.63, 3.8) is 0 Å². The Balaban J connectivity index is 1.63. The van der Waals surface area contributed by atoms with Crippen LogP contribution in [0.2, 0.25) is 0 Å². The highest BCUT2D eigenvalue weighted by molar-refractivity contribution is 5.82. The van der Waals surface area contributed by atoms with Crippen LogP contribution in [0.5, 0.6) is 0 Å². The van der Waals surface area contributed by atoms with Gasteiger partial charge in [-0.3, -0.25) is 9.69 Å². The molecule has 4 nitrogen and oxygen atoms in total. The fourth-order valence-electron chi connectivity index (χ4n) is 4.60. The SMILES string of the molecule is CCCN1CC2(CCN(C)CC2)C[C@H]1C(=O)NCc1ccc(C)c(C)c1. The molecule has 1 spiro atoms. The molecule has 0 aromatic heterocycles. The minimum absolute atomic E-state index is 0.0462. The Morgan fingerprint density at radius 1 is 1.23 bits per heavy atom. The van der Waals surface area contributed by atoms with E-state index in [1.54, 1.807) is 0 Å². The Kier molecular flexibility index (Phi) is 6.03. The van der Waals surface area contributed by atoms with Crippen molar-refractivity contribution in [1.29, 1.82) is 0 Å². The van der Waals surface area contributed by atoms with Crippen LogP contribution in [-0.2, 0) is 11.3 Å². The van der Waals surface area contributed by atoms with Gasteiger partial charge in [-0.1, -0.05) is 25.1 Å². The first-order valence-electron chi connectivity index (χ1n) is 10.2. The van der Waals surface area contributed by atoms with Crippen molar-refractivity contribution in [3.8, 4) is 0 Å². The first kappa shape index (κ1) is 19.4. The molecule has 0 aliphatic carbocycles. The lowest BCUT2D eigenvalue weighted by molar-refractivity contribution is -0.125. The summed E-state index contributed by atoms with van der Waals surface area (Å²) in [6.45, 7) is 11.5. The third-order valence-electron chi connectivity index (χ3n) is 6.50. The van der Waals surface area contributed by atoms with Crippen LogP contribution in [0.15, 0.2) is 18.2 Å². The van der Waals surface area contributed by atoms with E-state index in [2.05, 4.69) is 61.1 Å². The summed E-state index contributed by atoms with van der Waals surface area (Å²) in [7, 11) is 2.21. The van der Waals surface area contributed by atoms with Crippen LogP contribution in [0.4, 0.5) is 0 Å². The molecule has 4 heteroatoms. The molecule has 1 aromatic carbocycles. The molecule has 1 atom stereocenters. The number of carbonyl (C=O) groups excluding carboxylic acids is 1. The zero-order valence-electron chi connectivity index (χ0n) is 17.0. The van der Waals surface area contributed by atoms with Crippen LogP contribution < -0.4 is 5.32 Å². The van der Waals surface area contributed by atoms with Gasteiger partial charge in [-0.15, -0.1) is 0 Å². The van der Waals surface area contributed by atoms with Gasteiger partial charge in [0.1, 0.15) is 0 Å². The third-order valence-corrected chi connectivity index (χ3v) is 6.50. The lowest BCUT2D eigenvalue weighted by Gasteiger charge is -2.37. The minimum atomic E-state index is 0.0462. The number of piperidine rings is 1. The molecule has 0 saturated carbocycles. The molecule has 2 aliphatic heterocycles. The van der Waals surface area contributed by atoms with Crippen LogP contribution in [0.1, 0.15) is 49.3 Å². The molecule has 2 fully saturated rings. The molecule has 1 N–H and O–H groups in total. The van der Waals surface area contributed by atoms with Crippen molar-refractivity contribution >= 4 is 5.91 Å². The van der Waals surface area contributed by atoms with Crippen molar-refractivity contribution in [2.75, 3.05) is 33.2 Å². The van der Waals surface area contributed by atoms with Gasteiger partial charge in [0.25, 0.3) is 0 Å². The Morgan fingerprint density at radius 2 is 1.96 bits per heavy atom. The normalized spacial score (nSPS) is 23.5. The molecule has 3 rings (SSSR count). The lowest BCUT2D eigenvalue weighted by atomic mass is 9.76. The number of hydrogen-bond donors (Lipinski definition) is 1. The van der Waals surface area contributed by atoms with Gasteiger partial charge in [-0.05, 0) is 88.3 Å². The summed E-state index contributed by atoms with van der Waals surface area (Å²) in [5, 5.41) is 3.22. The molecule has 0 radical (unpaired) electrons. The molecule has 1 aromatic rings. The Bertz CT molecular complexity index is 634. The number of carbonyl (C=O) groups is 1. The number of likely N-dealkylation sites (tertiary alicyclic amines) is 2. The first-order chi connectivity index (χ1) is 12.4. The zero-order chi connectivity index (χ0) is 18.7. The van der Waals surface area contributed by atoms with Gasteiger partial charge in [0.15, 0.2) is 0 Å². The highest BCUT2D eigenvalue weighted by Gasteiger charge is 2.47. The predicted octanol–water partition coefficient (Wildman–Crippen LogP) is 3.12. The Hall–Kier alpha value is -1.39. The van der Waals surface area contributed by atoms with Gasteiger partial charge >= 0.3 is 0 Å². The van der Waals surface area contributed by atoms with E-state index in [1.165, 1.54) is 29.5 Å². The molecule has 2 heterocycles. The summed E-state index contributed by atoms with van der Waals surface area (Å²) >= 11 is 0. The molecule has 0 bridgehead atoms. The van der Waals surface area contributed by atoms with E-state index in [4.69, 9.17) is 0 Å². The smallest absolute Gasteiger partial charge is 0.237 e. The first-order valence-corrected chi connectivity index (χ1v) is 10.2. The van der Waals surface area contributed by atoms with Crippen LogP contribution in [0.25, 0.3) is 0 Å². The molecule has 2 aliphatic rings. The molecule has 1 amide bonds. The van der Waals surface area contributed by atoms with E-state index < -0.39 is 0 Å². The lowest BCUT2D eigenvalue weighted by Crippen LogP contribution is -2.43. The number of aryl methyl sites for hydroxylation is 2. The van der Waals surface area contributed by atoms with Crippen molar-refractivity contribution < 1.29 is 4.79 Å². The van der Waals surface area contributed by atoms with E-state index in [1.807, 2.05) is 0 Å². The Morgan fingerprint density at radius 3 is 2.62 bits per heavy atom. The third kappa shape index (κ3) is 4.29. The van der Waals surface area contributed by atoms with Crippen molar-refractivity contribution in [2.24, 2.45) is 5.41 Å². The number of benzene rings is 1. The maximum atomic E-state index is 13.0. The zero-order valence-corrected chi connectivity index (χ0v) is 17.0. The van der Waals surface area contributed by atoms with Crippen LogP contribution in [-0.4, -0.2) is 55.0 Å². The topological polar surface area (TPSA) is 35.6 Å². The summed E-state index contributed by atoms with van der Waals surface area (Å²) in [4.78, 5) is 17.8. The molecule has 26 heavy (non-hydrogen) atoms.